The number of nitrogens with one attached hydrogen (secondary N) is 1. The van der Waals surface area contributed by atoms with Crippen LogP contribution in [-0.4, -0.2) is 53.7 Å². The summed E-state index contributed by atoms with van der Waals surface area (Å²) in [6.07, 6.45) is 1.50. The van der Waals surface area contributed by atoms with Gasteiger partial charge in [0.1, 0.15) is 6.61 Å². The molecule has 1 heterocycles. The highest BCUT2D eigenvalue weighted by Gasteiger charge is 2.30. The number of hydrogen-bond donors (Lipinski definition) is 2. The van der Waals surface area contributed by atoms with Gasteiger partial charge in [0.05, 0.1) is 0 Å². The second-order valence-electron chi connectivity index (χ2n) is 9.15. The number of carbonyl (C=O) groups is 3. The Morgan fingerprint density at radius 1 is 1.06 bits per heavy atom. The van der Waals surface area contributed by atoms with Gasteiger partial charge in [0, 0.05) is 37.0 Å². The Labute approximate surface area is 199 Å². The maximum atomic E-state index is 12.8. The Balaban J connectivity index is 1.35. The van der Waals surface area contributed by atoms with E-state index in [0.717, 1.165) is 11.1 Å². The average Bonchev–Trinajstić information content (AvgIpc) is 3.16. The average molecular weight is 463 g/mol. The Hall–Kier alpha value is -3.61. The van der Waals surface area contributed by atoms with E-state index in [1.165, 1.54) is 11.1 Å². The predicted molar refractivity (Wildman–Crippen MR) is 128 cm³/mol. The summed E-state index contributed by atoms with van der Waals surface area (Å²) in [7, 11) is 0. The molecule has 0 saturated carbocycles. The zero-order valence-corrected chi connectivity index (χ0v) is 19.5. The molecule has 1 atom stereocenters. The van der Waals surface area contributed by atoms with Crippen molar-refractivity contribution in [1.82, 2.24) is 10.2 Å². The van der Waals surface area contributed by atoms with Crippen LogP contribution in [0.4, 0.5) is 4.79 Å². The molecule has 34 heavy (non-hydrogen) atoms. The molecule has 0 bridgehead atoms. The van der Waals surface area contributed by atoms with E-state index in [4.69, 9.17) is 9.84 Å². The fourth-order valence-electron chi connectivity index (χ4n) is 4.65. The van der Waals surface area contributed by atoms with E-state index in [9.17, 15) is 14.4 Å². The molecule has 7 nitrogen and oxygen atoms in total. The topological polar surface area (TPSA) is 95.9 Å². The van der Waals surface area contributed by atoms with Crippen LogP contribution in [0.15, 0.2) is 60.2 Å². The smallest absolute Gasteiger partial charge is 0.407 e. The van der Waals surface area contributed by atoms with Crippen molar-refractivity contribution in [3.8, 4) is 11.1 Å². The largest absolute Gasteiger partial charge is 0.478 e. The highest BCUT2D eigenvalue weighted by Crippen LogP contribution is 2.44. The molecule has 7 heteroatoms. The molecular formula is C27H30N2O5. The second kappa shape index (κ2) is 10.1. The number of carboxylic acid groups (broad SMARTS) is 1. The van der Waals surface area contributed by atoms with E-state index >= 15 is 0 Å². The molecule has 0 saturated heterocycles. The first-order chi connectivity index (χ1) is 16.3. The molecule has 2 aromatic carbocycles. The van der Waals surface area contributed by atoms with E-state index in [0.29, 0.717) is 18.5 Å². The minimum absolute atomic E-state index is 0.0270. The van der Waals surface area contributed by atoms with Gasteiger partial charge in [-0.2, -0.15) is 0 Å². The number of aliphatic carboxylic acids is 1. The van der Waals surface area contributed by atoms with Crippen LogP contribution in [0.25, 0.3) is 11.1 Å². The van der Waals surface area contributed by atoms with Gasteiger partial charge in [0.15, 0.2) is 0 Å². The number of rotatable bonds is 7. The summed E-state index contributed by atoms with van der Waals surface area (Å²) >= 11 is 0. The van der Waals surface area contributed by atoms with Crippen molar-refractivity contribution in [2.45, 2.75) is 38.6 Å². The lowest BCUT2D eigenvalue weighted by molar-refractivity contribution is -0.135. The summed E-state index contributed by atoms with van der Waals surface area (Å²) in [6, 6.07) is 15.9. The normalized spacial score (nSPS) is 15.9. The lowest BCUT2D eigenvalue weighted by Gasteiger charge is -2.29. The molecule has 2 aliphatic rings. The number of benzene rings is 2. The van der Waals surface area contributed by atoms with Crippen molar-refractivity contribution in [2.24, 2.45) is 5.92 Å². The lowest BCUT2D eigenvalue weighted by Crippen LogP contribution is -2.44. The molecule has 4 rings (SSSR count). The molecule has 1 aliphatic carbocycles. The van der Waals surface area contributed by atoms with Crippen molar-refractivity contribution in [2.75, 3.05) is 19.7 Å². The molecule has 2 aromatic rings. The van der Waals surface area contributed by atoms with Crippen LogP contribution in [0, 0.1) is 5.92 Å². The van der Waals surface area contributed by atoms with Crippen LogP contribution >= 0.6 is 0 Å². The fourth-order valence-corrected chi connectivity index (χ4v) is 4.65. The summed E-state index contributed by atoms with van der Waals surface area (Å²) in [5.41, 5.74) is 4.96. The van der Waals surface area contributed by atoms with E-state index < -0.39 is 12.1 Å². The number of alkyl carbamates (subject to hydrolysis) is 1. The quantitative estimate of drug-likeness (QED) is 0.644. The number of fused-ring (bicyclic) bond motifs is 3. The Morgan fingerprint density at radius 3 is 2.21 bits per heavy atom. The van der Waals surface area contributed by atoms with Gasteiger partial charge in [0.2, 0.25) is 5.91 Å². The van der Waals surface area contributed by atoms with Crippen molar-refractivity contribution in [3.05, 3.63) is 71.3 Å². The number of ether oxygens (including phenoxy) is 1. The van der Waals surface area contributed by atoms with Crippen molar-refractivity contribution in [1.29, 1.82) is 0 Å². The van der Waals surface area contributed by atoms with Gasteiger partial charge in [-0.3, -0.25) is 4.79 Å². The molecule has 2 N–H and O–H groups in total. The first kappa shape index (κ1) is 23.5. The van der Waals surface area contributed by atoms with E-state index in [1.807, 2.05) is 38.1 Å². The molecule has 0 fully saturated rings. The van der Waals surface area contributed by atoms with Crippen LogP contribution in [0.2, 0.25) is 0 Å². The number of carboxylic acids is 1. The van der Waals surface area contributed by atoms with Gasteiger partial charge in [-0.25, -0.2) is 9.59 Å². The zero-order valence-electron chi connectivity index (χ0n) is 19.5. The molecular weight excluding hydrogens is 432 g/mol. The van der Waals surface area contributed by atoms with Gasteiger partial charge >= 0.3 is 12.1 Å². The SMILES string of the molecule is CC(C)C(CC(=O)N1CC=C(C(=O)O)CC1)NC(=O)OCC1c2ccccc2-c2ccccc21. The highest BCUT2D eigenvalue weighted by molar-refractivity contribution is 5.87. The molecule has 1 unspecified atom stereocenters. The minimum Gasteiger partial charge on any atom is -0.478 e. The molecule has 178 valence electrons. The summed E-state index contributed by atoms with van der Waals surface area (Å²) in [6.45, 7) is 4.75. The van der Waals surface area contributed by atoms with E-state index in [1.54, 1.807) is 11.0 Å². The third kappa shape index (κ3) is 4.98. The zero-order chi connectivity index (χ0) is 24.2. The Kier molecular flexibility index (Phi) is 7.01. The summed E-state index contributed by atoms with van der Waals surface area (Å²) in [4.78, 5) is 38.2. The summed E-state index contributed by atoms with van der Waals surface area (Å²) in [5.74, 6) is -1.05. The highest BCUT2D eigenvalue weighted by atomic mass is 16.5. The number of amides is 2. The summed E-state index contributed by atoms with van der Waals surface area (Å²) in [5, 5.41) is 12.0. The molecule has 0 spiro atoms. The Morgan fingerprint density at radius 2 is 1.68 bits per heavy atom. The van der Waals surface area contributed by atoms with Gasteiger partial charge in [-0.15, -0.1) is 0 Å². The molecule has 0 aromatic heterocycles. The first-order valence-electron chi connectivity index (χ1n) is 11.7. The standard InChI is InChI=1S/C27H30N2O5/c1-17(2)24(15-25(30)29-13-11-18(12-14-29)26(31)32)28-27(33)34-16-23-21-9-5-3-7-19(21)20-8-4-6-10-22(20)23/h3-11,17,23-24H,12-16H2,1-2H3,(H,28,33)(H,31,32). The van der Waals surface area contributed by atoms with Gasteiger partial charge < -0.3 is 20.1 Å². The molecule has 0 radical (unpaired) electrons. The predicted octanol–water partition coefficient (Wildman–Crippen LogP) is 4.18. The van der Waals surface area contributed by atoms with Crippen molar-refractivity contribution >= 4 is 18.0 Å². The summed E-state index contributed by atoms with van der Waals surface area (Å²) < 4.78 is 5.64. The maximum absolute atomic E-state index is 12.8. The van der Waals surface area contributed by atoms with Gasteiger partial charge in [0.25, 0.3) is 0 Å². The second-order valence-corrected chi connectivity index (χ2v) is 9.15. The van der Waals surface area contributed by atoms with Crippen LogP contribution < -0.4 is 5.32 Å². The third-order valence-electron chi connectivity index (χ3n) is 6.68. The molecule has 1 aliphatic heterocycles. The van der Waals surface area contributed by atoms with E-state index in [2.05, 4.69) is 29.6 Å². The lowest BCUT2D eigenvalue weighted by atomic mass is 9.98. The van der Waals surface area contributed by atoms with Gasteiger partial charge in [-0.05, 0) is 34.6 Å². The van der Waals surface area contributed by atoms with E-state index in [-0.39, 0.29) is 43.4 Å². The third-order valence-corrected chi connectivity index (χ3v) is 6.68. The fraction of sp³-hybridized carbons (Fsp3) is 0.370. The van der Waals surface area contributed by atoms with Gasteiger partial charge in [-0.1, -0.05) is 68.5 Å². The maximum Gasteiger partial charge on any atom is 0.407 e. The van der Waals surface area contributed by atoms with Crippen LogP contribution in [0.1, 0.15) is 43.7 Å². The number of hydrogen-bond acceptors (Lipinski definition) is 4. The van der Waals surface area contributed by atoms with Crippen LogP contribution in [0.3, 0.4) is 0 Å². The monoisotopic (exact) mass is 462 g/mol. The van der Waals surface area contributed by atoms with Crippen molar-refractivity contribution < 1.29 is 24.2 Å². The molecule has 2 amide bonds. The first-order valence-corrected chi connectivity index (χ1v) is 11.7. The minimum atomic E-state index is -0.941. The Bertz CT molecular complexity index is 1080. The van der Waals surface area contributed by atoms with Crippen LogP contribution in [-0.2, 0) is 14.3 Å². The number of nitrogens with zero attached hydrogens (tertiary/aromatic N) is 1. The number of carbonyl (C=O) groups excluding carboxylic acids is 2. The van der Waals surface area contributed by atoms with Crippen molar-refractivity contribution in [3.63, 3.8) is 0 Å². The van der Waals surface area contributed by atoms with Crippen LogP contribution in [0.5, 0.6) is 0 Å².